The van der Waals surface area contributed by atoms with Gasteiger partial charge < -0.3 is 20.5 Å². The van der Waals surface area contributed by atoms with Crippen LogP contribution in [-0.4, -0.2) is 30.9 Å². The number of aliphatic hydroxyl groups is 1. The van der Waals surface area contributed by atoms with E-state index in [2.05, 4.69) is 10.6 Å². The lowest BCUT2D eigenvalue weighted by molar-refractivity contribution is 0.190. The number of carbonyl (C=O) groups excluding carboxylic acids is 1. The van der Waals surface area contributed by atoms with Gasteiger partial charge in [-0.15, -0.1) is 0 Å². The first-order chi connectivity index (χ1) is 7.61. The van der Waals surface area contributed by atoms with Crippen LogP contribution in [0.3, 0.4) is 0 Å². The third kappa shape index (κ3) is 4.18. The summed E-state index contributed by atoms with van der Waals surface area (Å²) in [5, 5.41) is 14.1. The molecule has 0 bridgehead atoms. The van der Waals surface area contributed by atoms with Crippen molar-refractivity contribution in [1.29, 1.82) is 0 Å². The van der Waals surface area contributed by atoms with Crippen molar-refractivity contribution in [2.75, 3.05) is 19.0 Å². The van der Waals surface area contributed by atoms with Gasteiger partial charge in [0, 0.05) is 18.3 Å². The number of nitrogens with one attached hydrogen (secondary N) is 2. The summed E-state index contributed by atoms with van der Waals surface area (Å²) in [7, 11) is 1.56. The Hall–Kier alpha value is -1.75. The Bertz CT molecular complexity index is 353. The van der Waals surface area contributed by atoms with E-state index in [0.717, 1.165) is 0 Å². The summed E-state index contributed by atoms with van der Waals surface area (Å²) in [4.78, 5) is 11.3. The molecule has 0 radical (unpaired) electrons. The van der Waals surface area contributed by atoms with Crippen LogP contribution in [0.15, 0.2) is 24.3 Å². The molecule has 1 unspecified atom stereocenters. The van der Waals surface area contributed by atoms with Gasteiger partial charge in [-0.3, -0.25) is 0 Å². The van der Waals surface area contributed by atoms with Crippen LogP contribution in [0.4, 0.5) is 10.5 Å². The van der Waals surface area contributed by atoms with Crippen LogP contribution in [0.2, 0.25) is 0 Å². The first-order valence-corrected chi connectivity index (χ1v) is 4.99. The highest BCUT2D eigenvalue weighted by Gasteiger charge is 2.03. The molecule has 0 spiro atoms. The van der Waals surface area contributed by atoms with Crippen LogP contribution in [0.1, 0.15) is 6.92 Å². The summed E-state index contributed by atoms with van der Waals surface area (Å²) >= 11 is 0. The number of ether oxygens (including phenoxy) is 1. The van der Waals surface area contributed by atoms with Crippen LogP contribution in [-0.2, 0) is 0 Å². The van der Waals surface area contributed by atoms with E-state index < -0.39 is 6.10 Å². The Morgan fingerprint density at radius 2 is 2.31 bits per heavy atom. The van der Waals surface area contributed by atoms with Gasteiger partial charge in [-0.05, 0) is 19.1 Å². The van der Waals surface area contributed by atoms with E-state index >= 15 is 0 Å². The minimum Gasteiger partial charge on any atom is -0.497 e. The monoisotopic (exact) mass is 224 g/mol. The summed E-state index contributed by atoms with van der Waals surface area (Å²) < 4.78 is 5.02. The molecule has 0 saturated heterocycles. The van der Waals surface area contributed by atoms with E-state index in [9.17, 15) is 4.79 Å². The molecule has 2 amide bonds. The summed E-state index contributed by atoms with van der Waals surface area (Å²) in [6.07, 6.45) is -0.559. The molecule has 0 aromatic heterocycles. The summed E-state index contributed by atoms with van der Waals surface area (Å²) in [5.41, 5.74) is 0.641. The zero-order chi connectivity index (χ0) is 12.0. The quantitative estimate of drug-likeness (QED) is 0.719. The normalized spacial score (nSPS) is 11.7. The molecule has 1 aromatic rings. The number of carbonyl (C=O) groups is 1. The highest BCUT2D eigenvalue weighted by atomic mass is 16.5. The highest BCUT2D eigenvalue weighted by Crippen LogP contribution is 2.16. The maximum atomic E-state index is 11.3. The van der Waals surface area contributed by atoms with Crippen molar-refractivity contribution in [3.05, 3.63) is 24.3 Å². The molecule has 1 aromatic carbocycles. The summed E-state index contributed by atoms with van der Waals surface area (Å²) in [6, 6.07) is 6.68. The number of amides is 2. The number of methoxy groups -OCH3 is 1. The molecular formula is C11H16N2O3. The van der Waals surface area contributed by atoms with Gasteiger partial charge in [0.05, 0.1) is 13.2 Å². The maximum absolute atomic E-state index is 11.3. The van der Waals surface area contributed by atoms with Crippen molar-refractivity contribution in [1.82, 2.24) is 5.32 Å². The molecule has 5 nitrogen and oxygen atoms in total. The molecule has 0 saturated carbocycles. The lowest BCUT2D eigenvalue weighted by atomic mass is 10.3. The van der Waals surface area contributed by atoms with Gasteiger partial charge in [-0.1, -0.05) is 6.07 Å². The number of anilines is 1. The predicted molar refractivity (Wildman–Crippen MR) is 61.7 cm³/mol. The number of rotatable bonds is 4. The van der Waals surface area contributed by atoms with Gasteiger partial charge in [0.15, 0.2) is 0 Å². The third-order valence-electron chi connectivity index (χ3n) is 1.89. The van der Waals surface area contributed by atoms with Crippen LogP contribution < -0.4 is 15.4 Å². The maximum Gasteiger partial charge on any atom is 0.319 e. The number of hydrogen-bond acceptors (Lipinski definition) is 3. The average molecular weight is 224 g/mol. The summed E-state index contributed by atoms with van der Waals surface area (Å²) in [5.74, 6) is 0.674. The van der Waals surface area contributed by atoms with Crippen molar-refractivity contribution in [2.24, 2.45) is 0 Å². The number of urea groups is 1. The first kappa shape index (κ1) is 12.3. The lowest BCUT2D eigenvalue weighted by Gasteiger charge is -2.09. The van der Waals surface area contributed by atoms with E-state index in [4.69, 9.17) is 9.84 Å². The lowest BCUT2D eigenvalue weighted by Crippen LogP contribution is -2.34. The second-order valence-corrected chi connectivity index (χ2v) is 3.42. The average Bonchev–Trinajstić information content (AvgIpc) is 2.26. The number of aliphatic hydroxyl groups excluding tert-OH is 1. The van der Waals surface area contributed by atoms with Crippen molar-refractivity contribution < 1.29 is 14.6 Å². The highest BCUT2D eigenvalue weighted by molar-refractivity contribution is 5.89. The molecule has 0 fully saturated rings. The minimum atomic E-state index is -0.559. The van der Waals surface area contributed by atoms with Gasteiger partial charge in [-0.2, -0.15) is 0 Å². The molecule has 1 atom stereocenters. The Balaban J connectivity index is 2.49. The van der Waals surface area contributed by atoms with Gasteiger partial charge in [0.2, 0.25) is 0 Å². The fourth-order valence-electron chi connectivity index (χ4n) is 1.12. The molecule has 16 heavy (non-hydrogen) atoms. The fraction of sp³-hybridized carbons (Fsp3) is 0.364. The molecule has 3 N–H and O–H groups in total. The van der Waals surface area contributed by atoms with Gasteiger partial charge >= 0.3 is 6.03 Å². The molecule has 0 aliphatic rings. The van der Waals surface area contributed by atoms with Crippen molar-refractivity contribution in [2.45, 2.75) is 13.0 Å². The summed E-state index contributed by atoms with van der Waals surface area (Å²) in [6.45, 7) is 1.82. The Labute approximate surface area is 94.4 Å². The van der Waals surface area contributed by atoms with Gasteiger partial charge in [0.1, 0.15) is 5.75 Å². The standard InChI is InChI=1S/C11H16N2O3/c1-8(14)7-12-11(15)13-9-4-3-5-10(6-9)16-2/h3-6,8,14H,7H2,1-2H3,(H2,12,13,15). The SMILES string of the molecule is COc1cccc(NC(=O)NCC(C)O)c1. The second-order valence-electron chi connectivity index (χ2n) is 3.42. The Kier molecular flexibility index (Phi) is 4.60. The third-order valence-corrected chi connectivity index (χ3v) is 1.89. The zero-order valence-corrected chi connectivity index (χ0v) is 9.36. The van der Waals surface area contributed by atoms with E-state index in [1.165, 1.54) is 0 Å². The van der Waals surface area contributed by atoms with Crippen molar-refractivity contribution in [3.8, 4) is 5.75 Å². The molecule has 0 aliphatic heterocycles. The van der Waals surface area contributed by atoms with Crippen molar-refractivity contribution in [3.63, 3.8) is 0 Å². The first-order valence-electron chi connectivity index (χ1n) is 4.99. The van der Waals surface area contributed by atoms with Crippen molar-refractivity contribution >= 4 is 11.7 Å². The smallest absolute Gasteiger partial charge is 0.319 e. The van der Waals surface area contributed by atoms with Crippen LogP contribution in [0.5, 0.6) is 5.75 Å². The molecule has 0 aliphatic carbocycles. The molecule has 1 rings (SSSR count). The molecular weight excluding hydrogens is 208 g/mol. The zero-order valence-electron chi connectivity index (χ0n) is 9.36. The van der Waals surface area contributed by atoms with Crippen LogP contribution in [0, 0.1) is 0 Å². The van der Waals surface area contributed by atoms with Crippen LogP contribution >= 0.6 is 0 Å². The van der Waals surface area contributed by atoms with Gasteiger partial charge in [0.25, 0.3) is 0 Å². The molecule has 5 heteroatoms. The van der Waals surface area contributed by atoms with E-state index in [1.54, 1.807) is 38.3 Å². The Morgan fingerprint density at radius 1 is 1.56 bits per heavy atom. The van der Waals surface area contributed by atoms with E-state index in [0.29, 0.717) is 11.4 Å². The largest absolute Gasteiger partial charge is 0.497 e. The topological polar surface area (TPSA) is 70.6 Å². The van der Waals surface area contributed by atoms with Gasteiger partial charge in [-0.25, -0.2) is 4.79 Å². The van der Waals surface area contributed by atoms with E-state index in [-0.39, 0.29) is 12.6 Å². The molecule has 0 heterocycles. The number of benzene rings is 1. The second kappa shape index (κ2) is 5.97. The van der Waals surface area contributed by atoms with Crippen LogP contribution in [0.25, 0.3) is 0 Å². The Morgan fingerprint density at radius 3 is 2.94 bits per heavy atom. The minimum absolute atomic E-state index is 0.218. The number of hydrogen-bond donors (Lipinski definition) is 3. The van der Waals surface area contributed by atoms with E-state index in [1.807, 2.05) is 0 Å². The predicted octanol–water partition coefficient (Wildman–Crippen LogP) is 1.20. The molecule has 88 valence electrons. The fourth-order valence-corrected chi connectivity index (χ4v) is 1.12.